The number of para-hydroxylation sites is 1. The Bertz CT molecular complexity index is 663. The predicted molar refractivity (Wildman–Crippen MR) is 71.3 cm³/mol. The molecule has 16 heavy (non-hydrogen) atoms. The molecule has 0 fully saturated rings. The summed E-state index contributed by atoms with van der Waals surface area (Å²) in [6.07, 6.45) is 0. The summed E-state index contributed by atoms with van der Waals surface area (Å²) in [5.74, 6) is 0.521. The van der Waals surface area contributed by atoms with E-state index in [2.05, 4.69) is 16.0 Å². The van der Waals surface area contributed by atoms with Crippen LogP contribution in [0.25, 0.3) is 21.1 Å². The largest absolute Gasteiger partial charge is 0.382 e. The quantitative estimate of drug-likeness (QED) is 0.668. The van der Waals surface area contributed by atoms with Crippen LogP contribution in [0.3, 0.4) is 0 Å². The van der Waals surface area contributed by atoms with Gasteiger partial charge in [-0.05, 0) is 13.0 Å². The van der Waals surface area contributed by atoms with Crippen LogP contribution >= 0.6 is 23.7 Å². The Morgan fingerprint density at radius 1 is 1.19 bits per heavy atom. The third-order valence-electron chi connectivity index (χ3n) is 2.37. The van der Waals surface area contributed by atoms with E-state index in [9.17, 15) is 0 Å². The van der Waals surface area contributed by atoms with Crippen molar-refractivity contribution in [3.05, 3.63) is 29.3 Å². The number of aromatic nitrogens is 2. The molecule has 2 aromatic heterocycles. The van der Waals surface area contributed by atoms with Crippen molar-refractivity contribution >= 4 is 50.7 Å². The average molecular weight is 252 g/mol. The minimum absolute atomic E-state index is 0. The zero-order chi connectivity index (χ0) is 10.4. The monoisotopic (exact) mass is 251 g/mol. The lowest BCUT2D eigenvalue weighted by molar-refractivity contribution is 1.33. The van der Waals surface area contributed by atoms with Crippen molar-refractivity contribution in [2.45, 2.75) is 6.92 Å². The average Bonchev–Trinajstić information content (AvgIpc) is 2.61. The molecule has 0 saturated carbocycles. The third kappa shape index (κ3) is 1.50. The number of pyridine rings is 1. The first-order valence-electron chi connectivity index (χ1n) is 4.67. The van der Waals surface area contributed by atoms with Gasteiger partial charge in [0.25, 0.3) is 0 Å². The molecule has 0 spiro atoms. The molecule has 2 heterocycles. The van der Waals surface area contributed by atoms with Crippen molar-refractivity contribution in [3.63, 3.8) is 0 Å². The second-order valence-electron chi connectivity index (χ2n) is 3.42. The molecule has 5 heteroatoms. The first-order valence-corrected chi connectivity index (χ1v) is 5.49. The van der Waals surface area contributed by atoms with Gasteiger partial charge >= 0.3 is 0 Å². The zero-order valence-corrected chi connectivity index (χ0v) is 10.2. The summed E-state index contributed by atoms with van der Waals surface area (Å²) >= 11 is 1.66. The second-order valence-corrected chi connectivity index (χ2v) is 4.63. The topological polar surface area (TPSA) is 51.8 Å². The van der Waals surface area contributed by atoms with Gasteiger partial charge in [-0.3, -0.25) is 0 Å². The fourth-order valence-electron chi connectivity index (χ4n) is 1.73. The first kappa shape index (κ1) is 11.1. The van der Waals surface area contributed by atoms with Crippen LogP contribution in [0.15, 0.2) is 24.3 Å². The smallest absolute Gasteiger partial charge is 0.151 e. The molecule has 2 N–H and O–H groups in total. The molecule has 0 radical (unpaired) electrons. The van der Waals surface area contributed by atoms with Gasteiger partial charge in [0.2, 0.25) is 0 Å². The van der Waals surface area contributed by atoms with Crippen LogP contribution < -0.4 is 5.73 Å². The minimum atomic E-state index is 0. The molecule has 82 valence electrons. The number of nitrogens with two attached hydrogens (primary N) is 1. The molecule has 0 bridgehead atoms. The summed E-state index contributed by atoms with van der Waals surface area (Å²) in [5, 5.41) is 2.15. The van der Waals surface area contributed by atoms with E-state index in [1.807, 2.05) is 25.1 Å². The summed E-state index contributed by atoms with van der Waals surface area (Å²) < 4.78 is 1.13. The molecule has 0 aliphatic carbocycles. The van der Waals surface area contributed by atoms with E-state index in [-0.39, 0.29) is 12.4 Å². The van der Waals surface area contributed by atoms with Crippen LogP contribution in [0.2, 0.25) is 0 Å². The van der Waals surface area contributed by atoms with E-state index in [1.54, 1.807) is 11.3 Å². The maximum absolute atomic E-state index is 5.87. The second kappa shape index (κ2) is 3.88. The molecular formula is C11H10ClN3S. The van der Waals surface area contributed by atoms with Crippen molar-refractivity contribution < 1.29 is 0 Å². The van der Waals surface area contributed by atoms with Crippen LogP contribution in [0.5, 0.6) is 0 Å². The molecular weight excluding hydrogens is 242 g/mol. The molecule has 0 amide bonds. The lowest BCUT2D eigenvalue weighted by Gasteiger charge is -1.99. The van der Waals surface area contributed by atoms with Gasteiger partial charge in [0.1, 0.15) is 5.52 Å². The van der Waals surface area contributed by atoms with Gasteiger partial charge in [0.05, 0.1) is 15.2 Å². The summed E-state index contributed by atoms with van der Waals surface area (Å²) in [6.45, 7) is 1.98. The van der Waals surface area contributed by atoms with Crippen molar-refractivity contribution in [2.24, 2.45) is 0 Å². The van der Waals surface area contributed by atoms with E-state index in [1.165, 1.54) is 0 Å². The fourth-order valence-corrected chi connectivity index (χ4v) is 2.69. The van der Waals surface area contributed by atoms with E-state index in [4.69, 9.17) is 5.73 Å². The number of fused-ring (bicyclic) bond motifs is 3. The van der Waals surface area contributed by atoms with Crippen molar-refractivity contribution in [1.29, 1.82) is 0 Å². The highest BCUT2D eigenvalue weighted by atomic mass is 35.5. The Labute approximate surface area is 103 Å². The highest BCUT2D eigenvalue weighted by Gasteiger charge is 2.09. The van der Waals surface area contributed by atoms with Gasteiger partial charge in [0.15, 0.2) is 5.82 Å². The maximum Gasteiger partial charge on any atom is 0.151 e. The number of thiazole rings is 1. The number of hydrogen-bond acceptors (Lipinski definition) is 4. The number of rotatable bonds is 0. The summed E-state index contributed by atoms with van der Waals surface area (Å²) in [7, 11) is 0. The van der Waals surface area contributed by atoms with Gasteiger partial charge in [0, 0.05) is 5.39 Å². The van der Waals surface area contributed by atoms with E-state index in [0.717, 1.165) is 26.1 Å². The Morgan fingerprint density at radius 2 is 1.94 bits per heavy atom. The number of halogens is 1. The molecule has 3 nitrogen and oxygen atoms in total. The van der Waals surface area contributed by atoms with Gasteiger partial charge < -0.3 is 5.73 Å². The van der Waals surface area contributed by atoms with E-state index >= 15 is 0 Å². The summed E-state index contributed by atoms with van der Waals surface area (Å²) in [4.78, 5) is 8.73. The van der Waals surface area contributed by atoms with Gasteiger partial charge in [-0.1, -0.05) is 18.2 Å². The Balaban J connectivity index is 0.000000963. The van der Waals surface area contributed by atoms with Crippen molar-refractivity contribution in [3.8, 4) is 0 Å². The van der Waals surface area contributed by atoms with Crippen LogP contribution in [-0.2, 0) is 0 Å². The van der Waals surface area contributed by atoms with Gasteiger partial charge in [-0.25, -0.2) is 9.97 Å². The van der Waals surface area contributed by atoms with Crippen LogP contribution in [0.1, 0.15) is 5.01 Å². The number of aryl methyl sites for hydroxylation is 1. The normalized spacial score (nSPS) is 10.6. The maximum atomic E-state index is 5.87. The number of anilines is 1. The third-order valence-corrected chi connectivity index (χ3v) is 3.37. The molecule has 3 aromatic rings. The summed E-state index contributed by atoms with van der Waals surface area (Å²) in [6, 6.07) is 8.01. The molecule has 0 atom stereocenters. The van der Waals surface area contributed by atoms with Crippen LogP contribution in [-0.4, -0.2) is 9.97 Å². The molecule has 1 aromatic carbocycles. The van der Waals surface area contributed by atoms with Crippen LogP contribution in [0, 0.1) is 6.92 Å². The number of nitrogen functional groups attached to an aromatic ring is 1. The lowest BCUT2D eigenvalue weighted by Crippen LogP contribution is -1.92. The van der Waals surface area contributed by atoms with E-state index < -0.39 is 0 Å². The highest BCUT2D eigenvalue weighted by molar-refractivity contribution is 7.19. The summed E-state index contributed by atoms with van der Waals surface area (Å²) in [5.41, 5.74) is 7.63. The number of nitrogens with zero attached hydrogens (tertiary/aromatic N) is 2. The van der Waals surface area contributed by atoms with Gasteiger partial charge in [-0.2, -0.15) is 0 Å². The zero-order valence-electron chi connectivity index (χ0n) is 8.60. The minimum Gasteiger partial charge on any atom is -0.382 e. The Morgan fingerprint density at radius 3 is 2.75 bits per heavy atom. The molecule has 0 aliphatic rings. The number of hydrogen-bond donors (Lipinski definition) is 1. The van der Waals surface area contributed by atoms with Crippen molar-refractivity contribution in [1.82, 2.24) is 9.97 Å². The lowest BCUT2D eigenvalue weighted by atomic mass is 10.2. The van der Waals surface area contributed by atoms with Crippen LogP contribution in [0.4, 0.5) is 5.82 Å². The van der Waals surface area contributed by atoms with E-state index in [0.29, 0.717) is 5.82 Å². The highest BCUT2D eigenvalue weighted by Crippen LogP contribution is 2.31. The molecule has 0 aliphatic heterocycles. The standard InChI is InChI=1S/C11H9N3S.ClH/c1-6-13-9-10(15-6)7-4-2-3-5-8(7)14-11(9)12;/h2-5H,1H3,(H2,12,14);1H. The Hall–Kier alpha value is -1.39. The fraction of sp³-hybridized carbons (Fsp3) is 0.0909. The molecule has 3 rings (SSSR count). The number of benzene rings is 1. The van der Waals surface area contributed by atoms with Crippen molar-refractivity contribution in [2.75, 3.05) is 5.73 Å². The van der Waals surface area contributed by atoms with Gasteiger partial charge in [-0.15, -0.1) is 23.7 Å². The molecule has 0 saturated heterocycles. The predicted octanol–water partition coefficient (Wildman–Crippen LogP) is 3.16. The Kier molecular flexibility index (Phi) is 2.69. The SMILES string of the molecule is Cc1nc2c(N)nc3ccccc3c2s1.Cl. The molecule has 0 unspecified atom stereocenters. The first-order chi connectivity index (χ1) is 7.25.